The van der Waals surface area contributed by atoms with Gasteiger partial charge in [0.15, 0.2) is 0 Å². The van der Waals surface area contributed by atoms with Crippen molar-refractivity contribution in [1.82, 2.24) is 0 Å². The molecule has 0 aliphatic carbocycles. The van der Waals surface area contributed by atoms with Crippen LogP contribution in [0.5, 0.6) is 0 Å². The van der Waals surface area contributed by atoms with Gasteiger partial charge < -0.3 is 0 Å². The maximum Gasteiger partial charge on any atom is 0.394 e. The predicted molar refractivity (Wildman–Crippen MR) is 89.4 cm³/mol. The Hall–Kier alpha value is -1.99. The van der Waals surface area contributed by atoms with Crippen LogP contribution in [0.15, 0.2) is 72.1 Å². The Morgan fingerprint density at radius 2 is 1.18 bits per heavy atom. The molecule has 0 saturated carbocycles. The largest absolute Gasteiger partial charge is 0.394 e. The lowest BCUT2D eigenvalue weighted by molar-refractivity contribution is 0.381. The van der Waals surface area contributed by atoms with Gasteiger partial charge in [0.05, 0.1) is 0 Å². The Balaban J connectivity index is 0.000000309. The molecule has 0 fully saturated rings. The summed E-state index contributed by atoms with van der Waals surface area (Å²) in [5.74, 6) is 0. The highest BCUT2D eigenvalue weighted by Gasteiger charge is 1.99. The molecule has 0 aliphatic rings. The molecule has 2 aromatic carbocycles. The quantitative estimate of drug-likeness (QED) is 0.680. The summed E-state index contributed by atoms with van der Waals surface area (Å²) in [4.78, 5) is 1.32. The fourth-order valence-corrected chi connectivity index (χ4v) is 2.63. The molecular weight excluding hydrogens is 320 g/mol. The van der Waals surface area contributed by atoms with Gasteiger partial charge in [-0.15, -0.1) is 11.3 Å². The minimum absolute atomic E-state index is 1.27. The molecule has 0 atom stereocenters. The van der Waals surface area contributed by atoms with Crippen LogP contribution in [-0.4, -0.2) is 17.5 Å². The molecule has 0 radical (unpaired) electrons. The van der Waals surface area contributed by atoms with Crippen molar-refractivity contribution in [1.29, 1.82) is 0 Å². The van der Waals surface area contributed by atoms with Crippen molar-refractivity contribution in [2.75, 3.05) is 0 Å². The number of hydrogen-bond donors (Lipinski definition) is 2. The summed E-state index contributed by atoms with van der Waals surface area (Å²) in [5, 5.41) is 2.11. The first-order chi connectivity index (χ1) is 10.4. The Bertz CT molecular complexity index is 785. The normalized spacial score (nSPS) is 10.6. The Kier molecular flexibility index (Phi) is 5.46. The van der Waals surface area contributed by atoms with Gasteiger partial charge in [0.2, 0.25) is 0 Å². The third kappa shape index (κ3) is 5.42. The molecule has 3 rings (SSSR count). The molecule has 1 aromatic heterocycles. The van der Waals surface area contributed by atoms with Crippen LogP contribution in [-0.2, 0) is 10.4 Å². The van der Waals surface area contributed by atoms with E-state index >= 15 is 0 Å². The van der Waals surface area contributed by atoms with Crippen molar-refractivity contribution in [3.63, 3.8) is 0 Å². The monoisotopic (exact) mass is 334 g/mol. The average Bonchev–Trinajstić information content (AvgIpc) is 3.01. The minimum Gasteiger partial charge on any atom is -0.264 e. The molecule has 22 heavy (non-hydrogen) atoms. The number of benzene rings is 2. The molecule has 0 aliphatic heterocycles. The smallest absolute Gasteiger partial charge is 0.264 e. The molecule has 0 spiro atoms. The third-order valence-corrected chi connectivity index (χ3v) is 3.72. The van der Waals surface area contributed by atoms with Crippen LogP contribution < -0.4 is 0 Å². The molecule has 114 valence electrons. The van der Waals surface area contributed by atoms with E-state index in [1.807, 2.05) is 6.07 Å². The standard InChI is InChI=1S/C16H12S.H2O4S/c1-2-5-13(6-3-1)14-8-10-15(11-9-14)16-7-4-12-17-16;1-5(2,3)4/h1-12H;(H2,1,2,3,4). The van der Waals surface area contributed by atoms with Crippen molar-refractivity contribution in [2.24, 2.45) is 0 Å². The minimum atomic E-state index is -4.67. The molecule has 2 N–H and O–H groups in total. The van der Waals surface area contributed by atoms with Gasteiger partial charge in [0.25, 0.3) is 0 Å². The summed E-state index contributed by atoms with van der Waals surface area (Å²) in [6.07, 6.45) is 0. The lowest BCUT2D eigenvalue weighted by Crippen LogP contribution is -1.89. The Morgan fingerprint density at radius 3 is 1.68 bits per heavy atom. The number of hydrogen-bond acceptors (Lipinski definition) is 3. The van der Waals surface area contributed by atoms with E-state index in [1.54, 1.807) is 11.3 Å². The summed E-state index contributed by atoms with van der Waals surface area (Å²) in [7, 11) is -4.67. The SMILES string of the molecule is O=S(=O)(O)O.c1ccc(-c2ccc(-c3cccs3)cc2)cc1. The maximum atomic E-state index is 8.74. The van der Waals surface area contributed by atoms with E-state index in [-0.39, 0.29) is 0 Å². The number of thiophene rings is 1. The molecule has 3 aromatic rings. The van der Waals surface area contributed by atoms with Gasteiger partial charge >= 0.3 is 10.4 Å². The fraction of sp³-hybridized carbons (Fsp3) is 0. The molecule has 4 nitrogen and oxygen atoms in total. The van der Waals surface area contributed by atoms with Crippen LogP contribution in [0.25, 0.3) is 21.6 Å². The average molecular weight is 334 g/mol. The van der Waals surface area contributed by atoms with Crippen molar-refractivity contribution in [2.45, 2.75) is 0 Å². The van der Waals surface area contributed by atoms with E-state index in [1.165, 1.54) is 21.6 Å². The summed E-state index contributed by atoms with van der Waals surface area (Å²) in [5.41, 5.74) is 3.83. The number of rotatable bonds is 2. The van der Waals surface area contributed by atoms with E-state index in [2.05, 4.69) is 66.0 Å². The van der Waals surface area contributed by atoms with Crippen LogP contribution in [0.2, 0.25) is 0 Å². The van der Waals surface area contributed by atoms with Gasteiger partial charge in [0, 0.05) is 4.88 Å². The first-order valence-corrected chi connectivity index (χ1v) is 8.60. The Morgan fingerprint density at radius 1 is 0.682 bits per heavy atom. The zero-order valence-electron chi connectivity index (χ0n) is 11.5. The highest BCUT2D eigenvalue weighted by Crippen LogP contribution is 2.27. The highest BCUT2D eigenvalue weighted by atomic mass is 32.3. The van der Waals surface area contributed by atoms with Crippen molar-refractivity contribution in [3.8, 4) is 21.6 Å². The van der Waals surface area contributed by atoms with Gasteiger partial charge in [-0.3, -0.25) is 9.11 Å². The van der Waals surface area contributed by atoms with Crippen molar-refractivity contribution in [3.05, 3.63) is 72.1 Å². The van der Waals surface area contributed by atoms with Crippen LogP contribution in [0.4, 0.5) is 0 Å². The van der Waals surface area contributed by atoms with E-state index < -0.39 is 10.4 Å². The molecule has 0 bridgehead atoms. The fourth-order valence-electron chi connectivity index (χ4n) is 1.90. The first kappa shape index (κ1) is 16.4. The lowest BCUT2D eigenvalue weighted by atomic mass is 10.0. The second kappa shape index (κ2) is 7.33. The zero-order chi connectivity index (χ0) is 16.0. The summed E-state index contributed by atoms with van der Waals surface area (Å²) >= 11 is 1.78. The molecule has 0 saturated heterocycles. The second-order valence-corrected chi connectivity index (χ2v) is 6.21. The van der Waals surface area contributed by atoms with Crippen LogP contribution in [0.1, 0.15) is 0 Å². The maximum absolute atomic E-state index is 8.74. The molecule has 6 heteroatoms. The van der Waals surface area contributed by atoms with E-state index in [4.69, 9.17) is 17.5 Å². The van der Waals surface area contributed by atoms with Gasteiger partial charge in [-0.2, -0.15) is 8.42 Å². The summed E-state index contributed by atoms with van der Waals surface area (Å²) in [6, 6.07) is 23.5. The predicted octanol–water partition coefficient (Wildman–Crippen LogP) is 4.43. The van der Waals surface area contributed by atoms with E-state index in [0.29, 0.717) is 0 Å². The topological polar surface area (TPSA) is 74.6 Å². The van der Waals surface area contributed by atoms with Gasteiger partial charge in [-0.25, -0.2) is 0 Å². The summed E-state index contributed by atoms with van der Waals surface area (Å²) < 4.78 is 31.6. The van der Waals surface area contributed by atoms with Gasteiger partial charge in [-0.1, -0.05) is 60.7 Å². The molecule has 0 amide bonds. The zero-order valence-corrected chi connectivity index (χ0v) is 13.1. The van der Waals surface area contributed by atoms with Crippen LogP contribution >= 0.6 is 11.3 Å². The van der Waals surface area contributed by atoms with E-state index in [9.17, 15) is 0 Å². The Labute approximate surface area is 133 Å². The second-order valence-electron chi connectivity index (χ2n) is 4.37. The van der Waals surface area contributed by atoms with Crippen molar-refractivity contribution < 1.29 is 17.5 Å². The lowest BCUT2D eigenvalue weighted by Gasteiger charge is -2.02. The summed E-state index contributed by atoms with van der Waals surface area (Å²) in [6.45, 7) is 0. The van der Waals surface area contributed by atoms with Gasteiger partial charge in [-0.05, 0) is 28.1 Å². The van der Waals surface area contributed by atoms with Crippen molar-refractivity contribution >= 4 is 21.7 Å². The van der Waals surface area contributed by atoms with Crippen LogP contribution in [0, 0.1) is 0 Å². The van der Waals surface area contributed by atoms with Crippen LogP contribution in [0.3, 0.4) is 0 Å². The molecule has 1 heterocycles. The molecular formula is C16H14O4S2. The molecule has 0 unspecified atom stereocenters. The van der Waals surface area contributed by atoms with Gasteiger partial charge in [0.1, 0.15) is 0 Å². The highest BCUT2D eigenvalue weighted by molar-refractivity contribution is 7.79. The third-order valence-electron chi connectivity index (χ3n) is 2.80. The first-order valence-electron chi connectivity index (χ1n) is 6.33. The van der Waals surface area contributed by atoms with E-state index in [0.717, 1.165) is 0 Å².